The van der Waals surface area contributed by atoms with Crippen molar-refractivity contribution in [1.82, 2.24) is 0 Å². The van der Waals surface area contributed by atoms with Gasteiger partial charge in [-0.1, -0.05) is 19.1 Å². The first kappa shape index (κ1) is 15.3. The number of rotatable bonds is 6. The highest BCUT2D eigenvalue weighted by atomic mass is 32.2. The number of nitrogens with zero attached hydrogens (tertiary/aromatic N) is 1. The summed E-state index contributed by atoms with van der Waals surface area (Å²) in [5.74, 6) is -1.24. The molecule has 1 aromatic rings. The number of ketones is 1. The summed E-state index contributed by atoms with van der Waals surface area (Å²) >= 11 is 0. The zero-order valence-electron chi connectivity index (χ0n) is 10.7. The second-order valence-corrected chi connectivity index (χ2v) is 6.68. The lowest BCUT2D eigenvalue weighted by Crippen LogP contribution is -2.25. The molecule has 1 rings (SSSR count). The molecule has 0 saturated carbocycles. The molecule has 1 unspecified atom stereocenters. The molecule has 0 aromatic heterocycles. The van der Waals surface area contributed by atoms with Crippen LogP contribution in [0.25, 0.3) is 0 Å². The van der Waals surface area contributed by atoms with Crippen molar-refractivity contribution in [2.24, 2.45) is 0 Å². The first-order chi connectivity index (χ1) is 8.77. The monoisotopic (exact) mass is 285 g/mol. The van der Waals surface area contributed by atoms with Gasteiger partial charge >= 0.3 is 0 Å². The van der Waals surface area contributed by atoms with Gasteiger partial charge in [-0.2, -0.15) is 0 Å². The standard InChI is InChI=1S/C12H15NO5S/c1-3-9(2)19(17,18)8-12(14)10-5-4-6-11(7-10)13(15)16/h4-7,9H,3,8H2,1-2H3. The van der Waals surface area contributed by atoms with Gasteiger partial charge in [-0.05, 0) is 13.3 Å². The average molecular weight is 285 g/mol. The molecule has 0 saturated heterocycles. The van der Waals surface area contributed by atoms with Crippen LogP contribution in [0.1, 0.15) is 30.6 Å². The molecule has 6 nitrogen and oxygen atoms in total. The van der Waals surface area contributed by atoms with Crippen molar-refractivity contribution in [3.63, 3.8) is 0 Å². The largest absolute Gasteiger partial charge is 0.293 e. The maximum Gasteiger partial charge on any atom is 0.270 e. The predicted molar refractivity (Wildman–Crippen MR) is 71.0 cm³/mol. The Labute approximate surface area is 111 Å². The molecule has 1 aromatic carbocycles. The van der Waals surface area contributed by atoms with E-state index in [9.17, 15) is 23.3 Å². The summed E-state index contributed by atoms with van der Waals surface area (Å²) in [6.45, 7) is 3.26. The number of nitro benzene ring substituents is 1. The highest BCUT2D eigenvalue weighted by Crippen LogP contribution is 2.15. The third kappa shape index (κ3) is 3.85. The zero-order chi connectivity index (χ0) is 14.6. The lowest BCUT2D eigenvalue weighted by Gasteiger charge is -2.09. The molecule has 0 fully saturated rings. The summed E-state index contributed by atoms with van der Waals surface area (Å²) in [5, 5.41) is 9.99. The van der Waals surface area contributed by atoms with E-state index in [-0.39, 0.29) is 11.3 Å². The van der Waals surface area contributed by atoms with Crippen molar-refractivity contribution in [2.75, 3.05) is 5.75 Å². The fourth-order valence-electron chi connectivity index (χ4n) is 1.46. The number of hydrogen-bond donors (Lipinski definition) is 0. The molecule has 0 aliphatic rings. The van der Waals surface area contributed by atoms with E-state index in [0.717, 1.165) is 6.07 Å². The summed E-state index contributed by atoms with van der Waals surface area (Å²) in [4.78, 5) is 21.8. The molecule has 0 spiro atoms. The van der Waals surface area contributed by atoms with E-state index in [1.54, 1.807) is 6.92 Å². The normalized spacial score (nSPS) is 12.9. The number of carbonyl (C=O) groups is 1. The van der Waals surface area contributed by atoms with E-state index >= 15 is 0 Å². The summed E-state index contributed by atoms with van der Waals surface area (Å²) < 4.78 is 23.6. The average Bonchev–Trinajstić information content (AvgIpc) is 2.37. The van der Waals surface area contributed by atoms with E-state index in [1.165, 1.54) is 25.1 Å². The van der Waals surface area contributed by atoms with Crippen LogP contribution >= 0.6 is 0 Å². The van der Waals surface area contributed by atoms with Crippen molar-refractivity contribution in [3.05, 3.63) is 39.9 Å². The van der Waals surface area contributed by atoms with Gasteiger partial charge in [0, 0.05) is 17.7 Å². The van der Waals surface area contributed by atoms with Gasteiger partial charge in [-0.15, -0.1) is 0 Å². The molecule has 1 atom stereocenters. The van der Waals surface area contributed by atoms with Gasteiger partial charge in [0.1, 0.15) is 5.75 Å². The van der Waals surface area contributed by atoms with Crippen molar-refractivity contribution < 1.29 is 18.1 Å². The molecular weight excluding hydrogens is 270 g/mol. The van der Waals surface area contributed by atoms with E-state index in [0.29, 0.717) is 6.42 Å². The third-order valence-electron chi connectivity index (χ3n) is 2.90. The number of sulfone groups is 1. The van der Waals surface area contributed by atoms with E-state index in [4.69, 9.17) is 0 Å². The number of non-ortho nitro benzene ring substituents is 1. The molecule has 0 heterocycles. The molecular formula is C12H15NO5S. The Morgan fingerprint density at radius 2 is 2.05 bits per heavy atom. The quantitative estimate of drug-likeness (QED) is 0.452. The minimum atomic E-state index is -3.51. The summed E-state index contributed by atoms with van der Waals surface area (Å²) in [7, 11) is -3.51. The predicted octanol–water partition coefficient (Wildman–Crippen LogP) is 1.99. The molecule has 0 aliphatic carbocycles. The van der Waals surface area contributed by atoms with Crippen LogP contribution in [0.3, 0.4) is 0 Å². The number of benzene rings is 1. The number of nitro groups is 1. The SMILES string of the molecule is CCC(C)S(=O)(=O)CC(=O)c1cccc([N+](=O)[O-])c1. The van der Waals surface area contributed by atoms with Crippen LogP contribution in [0.15, 0.2) is 24.3 Å². The lowest BCUT2D eigenvalue weighted by molar-refractivity contribution is -0.384. The Bertz CT molecular complexity index is 594. The lowest BCUT2D eigenvalue weighted by atomic mass is 10.1. The minimum Gasteiger partial charge on any atom is -0.293 e. The van der Waals surface area contributed by atoms with Crippen LogP contribution in [0.2, 0.25) is 0 Å². The van der Waals surface area contributed by atoms with Gasteiger partial charge in [0.25, 0.3) is 5.69 Å². The molecule has 0 aliphatic heterocycles. The Morgan fingerprint density at radius 3 is 2.58 bits per heavy atom. The van der Waals surface area contributed by atoms with Gasteiger partial charge in [-0.3, -0.25) is 14.9 Å². The van der Waals surface area contributed by atoms with Crippen LogP contribution in [0.4, 0.5) is 5.69 Å². The van der Waals surface area contributed by atoms with E-state index in [2.05, 4.69) is 0 Å². The molecule has 0 radical (unpaired) electrons. The molecule has 0 bridgehead atoms. The van der Waals surface area contributed by atoms with Gasteiger partial charge in [0.2, 0.25) is 0 Å². The number of hydrogen-bond acceptors (Lipinski definition) is 5. The second-order valence-electron chi connectivity index (χ2n) is 4.26. The van der Waals surface area contributed by atoms with Crippen LogP contribution < -0.4 is 0 Å². The highest BCUT2D eigenvalue weighted by molar-refractivity contribution is 7.92. The fraction of sp³-hybridized carbons (Fsp3) is 0.417. The summed E-state index contributed by atoms with van der Waals surface area (Å²) in [5.41, 5.74) is -0.187. The van der Waals surface area contributed by atoms with E-state index in [1.807, 2.05) is 0 Å². The van der Waals surface area contributed by atoms with Crippen molar-refractivity contribution in [3.8, 4) is 0 Å². The van der Waals surface area contributed by atoms with Crippen LogP contribution in [0.5, 0.6) is 0 Å². The Hall–Kier alpha value is -1.76. The highest BCUT2D eigenvalue weighted by Gasteiger charge is 2.24. The van der Waals surface area contributed by atoms with Crippen molar-refractivity contribution in [1.29, 1.82) is 0 Å². The maximum absolute atomic E-state index is 11.9. The third-order valence-corrected chi connectivity index (χ3v) is 5.12. The maximum atomic E-state index is 11.9. The minimum absolute atomic E-state index is 0.0427. The molecule has 7 heteroatoms. The molecule has 0 N–H and O–H groups in total. The van der Waals surface area contributed by atoms with Gasteiger partial charge in [0.05, 0.1) is 10.2 Å². The van der Waals surface area contributed by atoms with Crippen molar-refractivity contribution >= 4 is 21.3 Å². The van der Waals surface area contributed by atoms with Gasteiger partial charge < -0.3 is 0 Å². The first-order valence-corrected chi connectivity index (χ1v) is 7.48. The number of Topliss-reactive ketones (excluding diaryl/α,β-unsaturated/α-hetero) is 1. The Kier molecular flexibility index (Phi) is 4.77. The zero-order valence-corrected chi connectivity index (χ0v) is 11.5. The molecule has 0 amide bonds. The van der Waals surface area contributed by atoms with Crippen LogP contribution in [-0.4, -0.2) is 30.1 Å². The first-order valence-electron chi connectivity index (χ1n) is 5.77. The van der Waals surface area contributed by atoms with E-state index < -0.39 is 31.5 Å². The summed E-state index contributed by atoms with van der Waals surface area (Å²) in [6, 6.07) is 5.08. The molecule has 104 valence electrons. The fourth-order valence-corrected chi connectivity index (χ4v) is 2.78. The second kappa shape index (κ2) is 5.92. The Balaban J connectivity index is 2.96. The van der Waals surface area contributed by atoms with Crippen molar-refractivity contribution in [2.45, 2.75) is 25.5 Å². The van der Waals surface area contributed by atoms with Crippen LogP contribution in [0, 0.1) is 10.1 Å². The smallest absolute Gasteiger partial charge is 0.270 e. The topological polar surface area (TPSA) is 94.3 Å². The number of carbonyl (C=O) groups excluding carboxylic acids is 1. The summed E-state index contributed by atoms with van der Waals surface area (Å²) in [6.07, 6.45) is 0.421. The van der Waals surface area contributed by atoms with Gasteiger partial charge in [-0.25, -0.2) is 8.42 Å². The Morgan fingerprint density at radius 1 is 1.42 bits per heavy atom. The molecule has 19 heavy (non-hydrogen) atoms. The van der Waals surface area contributed by atoms with Gasteiger partial charge in [0.15, 0.2) is 15.6 Å². The van der Waals surface area contributed by atoms with Crippen LogP contribution in [-0.2, 0) is 9.84 Å².